The molecule has 0 saturated heterocycles. The first kappa shape index (κ1) is 25.4. The van der Waals surface area contributed by atoms with Gasteiger partial charge in [-0.2, -0.15) is 0 Å². The third-order valence-electron chi connectivity index (χ3n) is 6.39. The van der Waals surface area contributed by atoms with Gasteiger partial charge in [0.25, 0.3) is 5.56 Å². The maximum atomic E-state index is 13.7. The summed E-state index contributed by atoms with van der Waals surface area (Å²) in [5.41, 5.74) is 3.53. The number of esters is 1. The van der Waals surface area contributed by atoms with Crippen LogP contribution in [0.25, 0.3) is 6.08 Å². The van der Waals surface area contributed by atoms with Crippen molar-refractivity contribution in [3.63, 3.8) is 0 Å². The zero-order valence-corrected chi connectivity index (χ0v) is 22.3. The first-order valence-corrected chi connectivity index (χ1v) is 13.3. The van der Waals surface area contributed by atoms with E-state index in [-0.39, 0.29) is 18.3 Å². The first-order valence-electron chi connectivity index (χ1n) is 12.5. The SMILES string of the molecule is CCOC(=O)C1=C(C)N=c2s/c(=C\c3ccc(O[C@H](C)c4ccccc4)cc3)c(=O)n2[C@H]1c1ccccc1. The van der Waals surface area contributed by atoms with Crippen molar-refractivity contribution in [1.29, 1.82) is 0 Å². The van der Waals surface area contributed by atoms with E-state index in [1.165, 1.54) is 11.3 Å². The second kappa shape index (κ2) is 11.0. The third-order valence-corrected chi connectivity index (χ3v) is 7.37. The zero-order chi connectivity index (χ0) is 26.6. The van der Waals surface area contributed by atoms with Crippen molar-refractivity contribution in [3.05, 3.63) is 133 Å². The summed E-state index contributed by atoms with van der Waals surface area (Å²) in [6.07, 6.45) is 1.76. The average Bonchev–Trinajstić information content (AvgIpc) is 3.24. The minimum atomic E-state index is -0.607. The van der Waals surface area contributed by atoms with E-state index in [0.29, 0.717) is 20.6 Å². The Morgan fingerprint density at radius 3 is 2.34 bits per heavy atom. The number of carbonyl (C=O) groups excluding carboxylic acids is 1. The molecule has 1 aliphatic heterocycles. The average molecular weight is 525 g/mol. The standard InChI is InChI=1S/C31H28N2O4S/c1-4-36-30(35)27-20(2)32-31-33(28(27)24-13-9-6-10-14-24)29(34)26(38-31)19-22-15-17-25(18-16-22)37-21(3)23-11-7-5-8-12-23/h5-19,21,28H,4H2,1-3H3/b26-19-/t21-,28+/m1/s1. The van der Waals surface area contributed by atoms with Gasteiger partial charge in [-0.3, -0.25) is 9.36 Å². The van der Waals surface area contributed by atoms with Crippen LogP contribution in [-0.2, 0) is 9.53 Å². The third kappa shape index (κ3) is 5.10. The Hall–Kier alpha value is -4.23. The summed E-state index contributed by atoms with van der Waals surface area (Å²) < 4.78 is 13.6. The second-order valence-corrected chi connectivity index (χ2v) is 9.96. The molecule has 0 N–H and O–H groups in total. The highest BCUT2D eigenvalue weighted by atomic mass is 32.1. The maximum absolute atomic E-state index is 13.7. The van der Waals surface area contributed by atoms with Gasteiger partial charge in [0.15, 0.2) is 4.80 Å². The van der Waals surface area contributed by atoms with Gasteiger partial charge in [-0.1, -0.05) is 84.1 Å². The van der Waals surface area contributed by atoms with Gasteiger partial charge in [-0.05, 0) is 55.7 Å². The number of hydrogen-bond donors (Lipinski definition) is 0. The summed E-state index contributed by atoms with van der Waals surface area (Å²) in [7, 11) is 0. The topological polar surface area (TPSA) is 69.9 Å². The Morgan fingerprint density at radius 2 is 1.68 bits per heavy atom. The lowest BCUT2D eigenvalue weighted by Crippen LogP contribution is -2.39. The summed E-state index contributed by atoms with van der Waals surface area (Å²) >= 11 is 1.31. The second-order valence-electron chi connectivity index (χ2n) is 8.95. The fourth-order valence-corrected chi connectivity index (χ4v) is 5.58. The monoisotopic (exact) mass is 524 g/mol. The minimum absolute atomic E-state index is 0.0828. The lowest BCUT2D eigenvalue weighted by molar-refractivity contribution is -0.139. The van der Waals surface area contributed by atoms with Crippen LogP contribution >= 0.6 is 11.3 Å². The van der Waals surface area contributed by atoms with E-state index >= 15 is 0 Å². The quantitative estimate of drug-likeness (QED) is 0.321. The molecule has 1 aliphatic rings. The van der Waals surface area contributed by atoms with Gasteiger partial charge in [0.1, 0.15) is 11.9 Å². The van der Waals surface area contributed by atoms with Crippen LogP contribution in [0.1, 0.15) is 49.6 Å². The van der Waals surface area contributed by atoms with E-state index in [9.17, 15) is 9.59 Å². The molecule has 4 aromatic rings. The van der Waals surface area contributed by atoms with E-state index in [1.807, 2.05) is 97.9 Å². The predicted octanol–water partition coefficient (Wildman–Crippen LogP) is 4.94. The Labute approximate surface area is 224 Å². The Bertz CT molecular complexity index is 1650. The van der Waals surface area contributed by atoms with Gasteiger partial charge in [0.2, 0.25) is 0 Å². The van der Waals surface area contributed by atoms with Gasteiger partial charge in [-0.25, -0.2) is 9.79 Å². The first-order chi connectivity index (χ1) is 18.5. The molecule has 3 aromatic carbocycles. The van der Waals surface area contributed by atoms with Gasteiger partial charge in [0.05, 0.1) is 28.5 Å². The van der Waals surface area contributed by atoms with E-state index in [4.69, 9.17) is 9.47 Å². The molecule has 5 rings (SSSR count). The minimum Gasteiger partial charge on any atom is -0.486 e. The summed E-state index contributed by atoms with van der Waals surface area (Å²) in [6, 6.07) is 26.6. The predicted molar refractivity (Wildman–Crippen MR) is 149 cm³/mol. The lowest BCUT2D eigenvalue weighted by atomic mass is 9.96. The maximum Gasteiger partial charge on any atom is 0.338 e. The van der Waals surface area contributed by atoms with Gasteiger partial charge in [-0.15, -0.1) is 0 Å². The van der Waals surface area contributed by atoms with Gasteiger partial charge >= 0.3 is 5.97 Å². The van der Waals surface area contributed by atoms with Crippen LogP contribution in [0.4, 0.5) is 0 Å². The number of fused-ring (bicyclic) bond motifs is 1. The molecule has 7 heteroatoms. The Kier molecular flexibility index (Phi) is 7.38. The number of rotatable bonds is 7. The molecular formula is C31H28N2O4S. The molecule has 2 heterocycles. The van der Waals surface area contributed by atoms with Crippen LogP contribution in [-0.4, -0.2) is 17.1 Å². The fraction of sp³-hybridized carbons (Fsp3) is 0.194. The van der Waals surface area contributed by atoms with Gasteiger partial charge in [0, 0.05) is 0 Å². The lowest BCUT2D eigenvalue weighted by Gasteiger charge is -2.24. The summed E-state index contributed by atoms with van der Waals surface area (Å²) in [5, 5.41) is 0. The van der Waals surface area contributed by atoms with Crippen LogP contribution in [0.5, 0.6) is 5.75 Å². The molecule has 0 fully saturated rings. The molecule has 0 amide bonds. The molecule has 0 radical (unpaired) electrons. The highest BCUT2D eigenvalue weighted by Crippen LogP contribution is 2.30. The van der Waals surface area contributed by atoms with Crippen molar-refractivity contribution in [2.24, 2.45) is 4.99 Å². The molecule has 0 saturated carbocycles. The van der Waals surface area contributed by atoms with Crippen molar-refractivity contribution >= 4 is 23.4 Å². The van der Waals surface area contributed by atoms with Crippen LogP contribution < -0.4 is 19.6 Å². The number of allylic oxidation sites excluding steroid dienone is 1. The van der Waals surface area contributed by atoms with Gasteiger partial charge < -0.3 is 9.47 Å². The van der Waals surface area contributed by atoms with E-state index < -0.39 is 12.0 Å². The number of carbonyl (C=O) groups is 1. The van der Waals surface area contributed by atoms with Crippen molar-refractivity contribution < 1.29 is 14.3 Å². The van der Waals surface area contributed by atoms with Crippen molar-refractivity contribution in [2.45, 2.75) is 32.9 Å². The largest absolute Gasteiger partial charge is 0.486 e. The smallest absolute Gasteiger partial charge is 0.338 e. The Balaban J connectivity index is 1.50. The van der Waals surface area contributed by atoms with E-state index in [1.54, 1.807) is 18.4 Å². The fourth-order valence-electron chi connectivity index (χ4n) is 4.53. The molecule has 38 heavy (non-hydrogen) atoms. The normalized spacial score (nSPS) is 16.0. The number of aromatic nitrogens is 1. The molecule has 192 valence electrons. The number of benzene rings is 3. The van der Waals surface area contributed by atoms with E-state index in [2.05, 4.69) is 4.99 Å². The highest BCUT2D eigenvalue weighted by molar-refractivity contribution is 7.07. The molecule has 0 spiro atoms. The van der Waals surface area contributed by atoms with Crippen molar-refractivity contribution in [3.8, 4) is 5.75 Å². The summed E-state index contributed by atoms with van der Waals surface area (Å²) in [5.74, 6) is 0.288. The number of ether oxygens (including phenoxy) is 2. The summed E-state index contributed by atoms with van der Waals surface area (Å²) in [6.45, 7) is 5.80. The summed E-state index contributed by atoms with van der Waals surface area (Å²) in [4.78, 5) is 31.8. The molecule has 0 aliphatic carbocycles. The molecule has 0 unspecified atom stereocenters. The van der Waals surface area contributed by atoms with Crippen molar-refractivity contribution in [1.82, 2.24) is 4.57 Å². The molecule has 1 aromatic heterocycles. The number of nitrogens with zero attached hydrogens (tertiary/aromatic N) is 2. The highest BCUT2D eigenvalue weighted by Gasteiger charge is 2.33. The van der Waals surface area contributed by atoms with E-state index in [0.717, 1.165) is 22.4 Å². The van der Waals surface area contributed by atoms with Crippen molar-refractivity contribution in [2.75, 3.05) is 6.61 Å². The number of hydrogen-bond acceptors (Lipinski definition) is 6. The van der Waals surface area contributed by atoms with Crippen LogP contribution in [0.3, 0.4) is 0 Å². The van der Waals surface area contributed by atoms with Crippen LogP contribution in [0.2, 0.25) is 0 Å². The molecule has 0 bridgehead atoms. The Morgan fingerprint density at radius 1 is 1.03 bits per heavy atom. The van der Waals surface area contributed by atoms with Crippen LogP contribution in [0, 0.1) is 0 Å². The molecule has 6 nitrogen and oxygen atoms in total. The molecule has 2 atom stereocenters. The molecular weight excluding hydrogens is 496 g/mol. The van der Waals surface area contributed by atoms with Crippen LogP contribution in [0.15, 0.2) is 106 Å². The number of thiazole rings is 1. The zero-order valence-electron chi connectivity index (χ0n) is 21.5.